The molecule has 0 bridgehead atoms. The molecule has 0 heterocycles. The number of amides is 1. The normalized spacial score (nSPS) is 28.5. The first-order valence-electron chi connectivity index (χ1n) is 6.66. The molecule has 0 aromatic carbocycles. The fraction of sp³-hybridized carbons (Fsp3) is 0.786. The van der Waals surface area contributed by atoms with Gasteiger partial charge in [-0.3, -0.25) is 4.79 Å². The SMILES string of the molecule is CC1CC(C(=O)NC2(C(F)(F)F)CC2)=CCC1(C)C. The fourth-order valence-corrected chi connectivity index (χ4v) is 2.36. The number of nitrogens with one attached hydrogen (secondary N) is 1. The van der Waals surface area contributed by atoms with Crippen molar-refractivity contribution in [2.45, 2.75) is 58.2 Å². The van der Waals surface area contributed by atoms with Crippen LogP contribution in [0.3, 0.4) is 0 Å². The van der Waals surface area contributed by atoms with Crippen LogP contribution >= 0.6 is 0 Å². The predicted molar refractivity (Wildman–Crippen MR) is 66.4 cm³/mol. The minimum atomic E-state index is -4.34. The van der Waals surface area contributed by atoms with Crippen molar-refractivity contribution in [3.8, 4) is 0 Å². The zero-order valence-corrected chi connectivity index (χ0v) is 11.5. The van der Waals surface area contributed by atoms with E-state index >= 15 is 0 Å². The molecule has 2 aliphatic carbocycles. The molecule has 1 N–H and O–H groups in total. The third kappa shape index (κ3) is 2.65. The van der Waals surface area contributed by atoms with Crippen LogP contribution in [0.1, 0.15) is 46.5 Å². The summed E-state index contributed by atoms with van der Waals surface area (Å²) in [6.07, 6.45) is -1.28. The summed E-state index contributed by atoms with van der Waals surface area (Å²) in [5.41, 5.74) is -1.35. The van der Waals surface area contributed by atoms with Crippen molar-refractivity contribution >= 4 is 5.91 Å². The largest absolute Gasteiger partial charge is 0.411 e. The average Bonchev–Trinajstić information content (AvgIpc) is 3.02. The Morgan fingerprint density at radius 2 is 1.95 bits per heavy atom. The van der Waals surface area contributed by atoms with Gasteiger partial charge in [0.2, 0.25) is 5.91 Å². The molecule has 0 radical (unpaired) electrons. The van der Waals surface area contributed by atoms with Crippen LogP contribution in [0.25, 0.3) is 0 Å². The summed E-state index contributed by atoms with van der Waals surface area (Å²) in [4.78, 5) is 12.0. The molecule has 0 saturated heterocycles. The number of carbonyl (C=O) groups is 1. The van der Waals surface area contributed by atoms with Crippen LogP contribution in [-0.4, -0.2) is 17.6 Å². The van der Waals surface area contributed by atoms with Crippen molar-refractivity contribution in [2.75, 3.05) is 0 Å². The van der Waals surface area contributed by atoms with Gasteiger partial charge in [0.15, 0.2) is 0 Å². The first kappa shape index (κ1) is 14.4. The average molecular weight is 275 g/mol. The van der Waals surface area contributed by atoms with E-state index in [-0.39, 0.29) is 18.3 Å². The zero-order chi connectivity index (χ0) is 14.5. The first-order chi connectivity index (χ1) is 8.57. The van der Waals surface area contributed by atoms with E-state index in [1.165, 1.54) is 0 Å². The van der Waals surface area contributed by atoms with Crippen LogP contribution < -0.4 is 5.32 Å². The molecule has 2 nitrogen and oxygen atoms in total. The molecule has 1 atom stereocenters. The molecular formula is C14H20F3NO. The van der Waals surface area contributed by atoms with Crippen molar-refractivity contribution in [1.82, 2.24) is 5.32 Å². The molecule has 108 valence electrons. The van der Waals surface area contributed by atoms with Crippen LogP contribution in [0.15, 0.2) is 11.6 Å². The van der Waals surface area contributed by atoms with Crippen LogP contribution in [-0.2, 0) is 4.79 Å². The maximum Gasteiger partial charge on any atom is 0.411 e. The van der Waals surface area contributed by atoms with Gasteiger partial charge in [-0.2, -0.15) is 13.2 Å². The molecule has 1 unspecified atom stereocenters. The van der Waals surface area contributed by atoms with E-state index < -0.39 is 17.6 Å². The lowest BCUT2D eigenvalue weighted by Crippen LogP contribution is -2.48. The maximum absolute atomic E-state index is 12.8. The molecule has 0 aromatic rings. The first-order valence-corrected chi connectivity index (χ1v) is 6.66. The van der Waals surface area contributed by atoms with Crippen molar-refractivity contribution in [3.63, 3.8) is 0 Å². The van der Waals surface area contributed by atoms with E-state index in [4.69, 9.17) is 0 Å². The zero-order valence-electron chi connectivity index (χ0n) is 11.5. The van der Waals surface area contributed by atoms with Gasteiger partial charge in [-0.05, 0) is 37.0 Å². The Kier molecular flexibility index (Phi) is 3.22. The van der Waals surface area contributed by atoms with Crippen LogP contribution in [0.5, 0.6) is 0 Å². The molecule has 19 heavy (non-hydrogen) atoms. The Balaban J connectivity index is 2.05. The molecule has 1 saturated carbocycles. The third-order valence-corrected chi connectivity index (χ3v) is 4.67. The predicted octanol–water partition coefficient (Wildman–Crippen LogP) is 3.58. The van der Waals surface area contributed by atoms with Gasteiger partial charge in [0.25, 0.3) is 0 Å². The van der Waals surface area contributed by atoms with Crippen molar-refractivity contribution in [3.05, 3.63) is 11.6 Å². The summed E-state index contributed by atoms with van der Waals surface area (Å²) in [5, 5.41) is 2.19. The highest BCUT2D eigenvalue weighted by Gasteiger charge is 2.64. The number of hydrogen-bond donors (Lipinski definition) is 1. The highest BCUT2D eigenvalue weighted by molar-refractivity contribution is 5.94. The van der Waals surface area contributed by atoms with Crippen LogP contribution in [0.4, 0.5) is 13.2 Å². The fourth-order valence-electron chi connectivity index (χ4n) is 2.36. The van der Waals surface area contributed by atoms with E-state index in [1.807, 2.05) is 6.92 Å². The van der Waals surface area contributed by atoms with E-state index in [0.29, 0.717) is 17.9 Å². The smallest absolute Gasteiger partial charge is 0.338 e. The highest BCUT2D eigenvalue weighted by atomic mass is 19.4. The van der Waals surface area contributed by atoms with Crippen LogP contribution in [0.2, 0.25) is 0 Å². The molecule has 0 aromatic heterocycles. The van der Waals surface area contributed by atoms with Gasteiger partial charge in [-0.25, -0.2) is 0 Å². The van der Waals surface area contributed by atoms with Gasteiger partial charge in [-0.15, -0.1) is 0 Å². The van der Waals surface area contributed by atoms with Gasteiger partial charge in [0.1, 0.15) is 5.54 Å². The number of hydrogen-bond acceptors (Lipinski definition) is 1. The monoisotopic (exact) mass is 275 g/mol. The van der Waals surface area contributed by atoms with Crippen LogP contribution in [0, 0.1) is 11.3 Å². The molecule has 5 heteroatoms. The summed E-state index contributed by atoms with van der Waals surface area (Å²) in [6.45, 7) is 6.26. The van der Waals surface area contributed by atoms with Crippen molar-refractivity contribution < 1.29 is 18.0 Å². The summed E-state index contributed by atoms with van der Waals surface area (Å²) in [7, 11) is 0. The summed E-state index contributed by atoms with van der Waals surface area (Å²) in [5.74, 6) is -0.253. The number of alkyl halides is 3. The van der Waals surface area contributed by atoms with Gasteiger partial charge in [0, 0.05) is 5.57 Å². The Morgan fingerprint density at radius 3 is 2.37 bits per heavy atom. The minimum absolute atomic E-state index is 0.00341. The van der Waals surface area contributed by atoms with Gasteiger partial charge in [-0.1, -0.05) is 26.8 Å². The summed E-state index contributed by atoms with van der Waals surface area (Å²) < 4.78 is 38.4. The summed E-state index contributed by atoms with van der Waals surface area (Å²) in [6, 6.07) is 0. The lowest BCUT2D eigenvalue weighted by molar-refractivity contribution is -0.169. The Labute approximate surface area is 111 Å². The van der Waals surface area contributed by atoms with Crippen molar-refractivity contribution in [1.29, 1.82) is 0 Å². The molecule has 1 amide bonds. The molecule has 0 spiro atoms. The van der Waals surface area contributed by atoms with E-state index in [1.54, 1.807) is 6.08 Å². The van der Waals surface area contributed by atoms with E-state index in [9.17, 15) is 18.0 Å². The second kappa shape index (κ2) is 4.25. The lowest BCUT2D eigenvalue weighted by Gasteiger charge is -2.35. The maximum atomic E-state index is 12.8. The number of halogens is 3. The third-order valence-electron chi connectivity index (χ3n) is 4.67. The topological polar surface area (TPSA) is 29.1 Å². The molecule has 2 aliphatic rings. The Bertz CT molecular complexity index is 419. The Hall–Kier alpha value is -1.00. The molecule has 2 rings (SSSR count). The van der Waals surface area contributed by atoms with Gasteiger partial charge < -0.3 is 5.32 Å². The second-order valence-electron chi connectivity index (χ2n) is 6.56. The second-order valence-corrected chi connectivity index (χ2v) is 6.56. The lowest BCUT2D eigenvalue weighted by atomic mass is 9.70. The van der Waals surface area contributed by atoms with Crippen molar-refractivity contribution in [2.24, 2.45) is 11.3 Å². The molecule has 0 aliphatic heterocycles. The number of carbonyl (C=O) groups excluding carboxylic acids is 1. The minimum Gasteiger partial charge on any atom is -0.338 e. The number of allylic oxidation sites excluding steroid dienone is 1. The molecule has 1 fully saturated rings. The standard InChI is InChI=1S/C14H20F3NO/c1-9-8-10(4-5-12(9,2)3)11(19)18-13(6-7-13)14(15,16)17/h4,9H,5-8H2,1-3H3,(H,18,19). The number of rotatable bonds is 2. The highest BCUT2D eigenvalue weighted by Crippen LogP contribution is 2.49. The quantitative estimate of drug-likeness (QED) is 0.820. The Morgan fingerprint density at radius 1 is 1.37 bits per heavy atom. The van der Waals surface area contributed by atoms with E-state index in [2.05, 4.69) is 19.2 Å². The molecular weight excluding hydrogens is 255 g/mol. The summed E-state index contributed by atoms with van der Waals surface area (Å²) >= 11 is 0. The van der Waals surface area contributed by atoms with Gasteiger partial charge >= 0.3 is 6.18 Å². The van der Waals surface area contributed by atoms with Gasteiger partial charge in [0.05, 0.1) is 0 Å². The van der Waals surface area contributed by atoms with E-state index in [0.717, 1.165) is 6.42 Å².